The van der Waals surface area contributed by atoms with Crippen LogP contribution in [-0.2, 0) is 17.8 Å². The van der Waals surface area contributed by atoms with E-state index in [2.05, 4.69) is 10.3 Å². The molecule has 0 aliphatic heterocycles. The van der Waals surface area contributed by atoms with E-state index in [0.717, 1.165) is 27.6 Å². The molecular formula is C28H28ClN3O3. The van der Waals surface area contributed by atoms with E-state index >= 15 is 0 Å². The summed E-state index contributed by atoms with van der Waals surface area (Å²) in [6.45, 7) is 3.62. The molecule has 0 saturated carbocycles. The van der Waals surface area contributed by atoms with E-state index < -0.39 is 11.6 Å². The van der Waals surface area contributed by atoms with Crippen molar-refractivity contribution < 1.29 is 14.7 Å². The summed E-state index contributed by atoms with van der Waals surface area (Å²) in [5.41, 5.74) is 2.09. The third-order valence-electron chi connectivity index (χ3n) is 6.43. The van der Waals surface area contributed by atoms with E-state index in [0.29, 0.717) is 5.02 Å². The second-order valence-corrected chi connectivity index (χ2v) is 9.35. The molecule has 4 rings (SSSR count). The number of nitrogens with one attached hydrogen (secondary N) is 2. The number of fused-ring (bicyclic) bond motifs is 1. The van der Waals surface area contributed by atoms with E-state index in [9.17, 15) is 14.7 Å². The van der Waals surface area contributed by atoms with Gasteiger partial charge in [0.1, 0.15) is 5.54 Å². The summed E-state index contributed by atoms with van der Waals surface area (Å²) in [5, 5.41) is 14.9. The van der Waals surface area contributed by atoms with Crippen molar-refractivity contribution in [1.29, 1.82) is 0 Å². The lowest BCUT2D eigenvalue weighted by atomic mass is 9.88. The topological polar surface area (TPSA) is 85.4 Å². The van der Waals surface area contributed by atoms with E-state index in [4.69, 9.17) is 11.6 Å². The van der Waals surface area contributed by atoms with E-state index in [1.54, 1.807) is 31.2 Å². The van der Waals surface area contributed by atoms with Crippen LogP contribution in [0.5, 0.6) is 0 Å². The number of carbonyl (C=O) groups excluding carboxylic acids is 1. The maximum atomic E-state index is 13.9. The number of halogens is 1. The molecule has 0 unspecified atom stereocenters. The maximum Gasteiger partial charge on any atom is 0.408 e. The molecule has 35 heavy (non-hydrogen) atoms. The molecule has 1 heterocycles. The fraction of sp³-hybridized carbons (Fsp3) is 0.214. The Hall–Kier alpha value is -3.77. The fourth-order valence-electron chi connectivity index (χ4n) is 4.35. The van der Waals surface area contributed by atoms with Gasteiger partial charge in [-0.15, -0.1) is 0 Å². The van der Waals surface area contributed by atoms with Crippen molar-refractivity contribution in [2.45, 2.75) is 38.4 Å². The largest absolute Gasteiger partial charge is 0.465 e. The van der Waals surface area contributed by atoms with Crippen LogP contribution in [0.2, 0.25) is 5.02 Å². The number of H-pyrrole nitrogens is 1. The molecule has 3 aromatic carbocycles. The van der Waals surface area contributed by atoms with Crippen LogP contribution in [0.3, 0.4) is 0 Å². The van der Waals surface area contributed by atoms with Crippen LogP contribution < -0.4 is 5.32 Å². The Bertz CT molecular complexity index is 1320. The minimum absolute atomic E-state index is 0.0402. The molecule has 7 heteroatoms. The molecule has 0 spiro atoms. The van der Waals surface area contributed by atoms with Crippen LogP contribution in [0.15, 0.2) is 85.1 Å². The summed E-state index contributed by atoms with van der Waals surface area (Å²) in [6, 6.07) is 24.1. The molecule has 0 fully saturated rings. The van der Waals surface area contributed by atoms with Crippen molar-refractivity contribution >= 4 is 34.5 Å². The summed E-state index contributed by atoms with van der Waals surface area (Å²) in [4.78, 5) is 30.9. The molecule has 6 nitrogen and oxygen atoms in total. The molecule has 2 atom stereocenters. The lowest BCUT2D eigenvalue weighted by Crippen LogP contribution is -2.59. The third-order valence-corrected chi connectivity index (χ3v) is 6.68. The minimum Gasteiger partial charge on any atom is -0.465 e. The Morgan fingerprint density at radius 2 is 1.69 bits per heavy atom. The number of hydrogen-bond acceptors (Lipinski definition) is 2. The first kappa shape index (κ1) is 24.4. The van der Waals surface area contributed by atoms with Gasteiger partial charge < -0.3 is 15.4 Å². The molecule has 0 bridgehead atoms. The standard InChI is InChI=1S/C28H28ClN3O3/c1-19(21-8-4-3-5-9-21)31-26(33)28(2,16-22-17-30-25-11-7-6-10-24(22)25)32(27(34)35)18-20-12-14-23(29)15-13-20/h3-15,17,19,30H,16,18H2,1-2H3,(H,31,33)(H,34,35)/t19-,28+/m0/s1. The van der Waals surface area contributed by atoms with Gasteiger partial charge in [-0.05, 0) is 48.7 Å². The zero-order valence-electron chi connectivity index (χ0n) is 19.7. The van der Waals surface area contributed by atoms with Crippen LogP contribution in [0, 0.1) is 0 Å². The Balaban J connectivity index is 1.72. The van der Waals surface area contributed by atoms with Gasteiger partial charge in [0.2, 0.25) is 5.91 Å². The molecule has 4 aromatic rings. The molecule has 0 radical (unpaired) electrons. The highest BCUT2D eigenvalue weighted by Gasteiger charge is 2.43. The molecular weight excluding hydrogens is 462 g/mol. The van der Waals surface area contributed by atoms with Gasteiger partial charge >= 0.3 is 6.09 Å². The monoisotopic (exact) mass is 489 g/mol. The van der Waals surface area contributed by atoms with Gasteiger partial charge in [0.25, 0.3) is 0 Å². The van der Waals surface area contributed by atoms with Crippen molar-refractivity contribution in [2.24, 2.45) is 0 Å². The Morgan fingerprint density at radius 3 is 2.37 bits per heavy atom. The second kappa shape index (κ2) is 10.2. The highest BCUT2D eigenvalue weighted by atomic mass is 35.5. The van der Waals surface area contributed by atoms with E-state index in [1.807, 2.05) is 67.7 Å². The van der Waals surface area contributed by atoms with Crippen LogP contribution >= 0.6 is 11.6 Å². The van der Waals surface area contributed by atoms with Crippen LogP contribution in [0.4, 0.5) is 4.79 Å². The normalized spacial score (nSPS) is 13.7. The van der Waals surface area contributed by atoms with Gasteiger partial charge in [-0.1, -0.05) is 72.3 Å². The SMILES string of the molecule is C[C@H](NC(=O)[C@@](C)(Cc1c[nH]c2ccccc12)N(Cc1ccc(Cl)cc1)C(=O)O)c1ccccc1. The van der Waals surface area contributed by atoms with Crippen molar-refractivity contribution in [2.75, 3.05) is 0 Å². The Labute approximate surface area is 209 Å². The van der Waals surface area contributed by atoms with Gasteiger partial charge in [-0.3, -0.25) is 9.69 Å². The quantitative estimate of drug-likeness (QED) is 0.276. The molecule has 1 aromatic heterocycles. The number of amides is 2. The van der Waals surface area contributed by atoms with E-state index in [1.165, 1.54) is 4.90 Å². The summed E-state index contributed by atoms with van der Waals surface area (Å²) in [5.74, 6) is -0.365. The van der Waals surface area contributed by atoms with Crippen LogP contribution in [-0.4, -0.2) is 32.5 Å². The first-order chi connectivity index (χ1) is 16.8. The van der Waals surface area contributed by atoms with Gasteiger partial charge in [0.05, 0.1) is 12.6 Å². The molecule has 2 amide bonds. The predicted octanol–water partition coefficient (Wildman–Crippen LogP) is 6.18. The number of carboxylic acid groups (broad SMARTS) is 1. The molecule has 0 saturated heterocycles. The van der Waals surface area contributed by atoms with E-state index in [-0.39, 0.29) is 24.9 Å². The average molecular weight is 490 g/mol. The summed E-state index contributed by atoms with van der Waals surface area (Å²) >= 11 is 6.02. The highest BCUT2D eigenvalue weighted by molar-refractivity contribution is 6.30. The highest BCUT2D eigenvalue weighted by Crippen LogP contribution is 2.29. The average Bonchev–Trinajstić information content (AvgIpc) is 3.26. The fourth-order valence-corrected chi connectivity index (χ4v) is 4.48. The van der Waals surface area contributed by atoms with Crippen molar-refractivity contribution in [3.05, 3.63) is 107 Å². The van der Waals surface area contributed by atoms with Gasteiger partial charge in [0.15, 0.2) is 0 Å². The van der Waals surface area contributed by atoms with Crippen LogP contribution in [0.1, 0.15) is 36.6 Å². The van der Waals surface area contributed by atoms with Gasteiger partial charge in [-0.25, -0.2) is 4.79 Å². The Morgan fingerprint density at radius 1 is 1.03 bits per heavy atom. The summed E-state index contributed by atoms with van der Waals surface area (Å²) in [7, 11) is 0. The first-order valence-electron chi connectivity index (χ1n) is 11.4. The second-order valence-electron chi connectivity index (χ2n) is 8.91. The number of nitrogens with zero attached hydrogens (tertiary/aromatic N) is 1. The predicted molar refractivity (Wildman–Crippen MR) is 138 cm³/mol. The number of aromatic amines is 1. The number of para-hydroxylation sites is 1. The number of carbonyl (C=O) groups is 2. The molecule has 0 aliphatic carbocycles. The minimum atomic E-state index is -1.39. The Kier molecular flexibility index (Phi) is 7.12. The first-order valence-corrected chi connectivity index (χ1v) is 11.8. The smallest absolute Gasteiger partial charge is 0.408 e. The number of rotatable bonds is 8. The number of benzene rings is 3. The maximum absolute atomic E-state index is 13.9. The van der Waals surface area contributed by atoms with Crippen molar-refractivity contribution in [3.8, 4) is 0 Å². The molecule has 3 N–H and O–H groups in total. The molecule has 0 aliphatic rings. The zero-order valence-corrected chi connectivity index (χ0v) is 20.4. The zero-order chi connectivity index (χ0) is 25.0. The van der Waals surface area contributed by atoms with Crippen molar-refractivity contribution in [3.63, 3.8) is 0 Å². The van der Waals surface area contributed by atoms with Crippen LogP contribution in [0.25, 0.3) is 10.9 Å². The summed E-state index contributed by atoms with van der Waals surface area (Å²) in [6.07, 6.45) is 0.869. The third kappa shape index (κ3) is 5.33. The molecule has 180 valence electrons. The number of aromatic nitrogens is 1. The van der Waals surface area contributed by atoms with Gasteiger partial charge in [-0.2, -0.15) is 0 Å². The van der Waals surface area contributed by atoms with Gasteiger partial charge in [0, 0.05) is 28.5 Å². The number of hydrogen-bond donors (Lipinski definition) is 3. The summed E-state index contributed by atoms with van der Waals surface area (Å²) < 4.78 is 0. The lowest BCUT2D eigenvalue weighted by molar-refractivity contribution is -0.132. The lowest BCUT2D eigenvalue weighted by Gasteiger charge is -2.39. The van der Waals surface area contributed by atoms with Crippen molar-refractivity contribution in [1.82, 2.24) is 15.2 Å².